The van der Waals surface area contributed by atoms with Gasteiger partial charge in [-0.05, 0) is 31.0 Å². The minimum Gasteiger partial charge on any atom is -0.493 e. The minimum absolute atomic E-state index is 0.616. The molecular weight excluding hydrogens is 284 g/mol. The highest BCUT2D eigenvalue weighted by Gasteiger charge is 2.04. The normalized spacial score (nSPS) is 17.7. The van der Waals surface area contributed by atoms with Crippen LogP contribution in [0.3, 0.4) is 0 Å². The smallest absolute Gasteiger partial charge is 0.153 e. The molecule has 0 fully saturated rings. The third-order valence-electron chi connectivity index (χ3n) is 4.33. The number of benzene rings is 1. The average molecular weight is 312 g/mol. The predicted octanol–water partition coefficient (Wildman–Crippen LogP) is 5.53. The molecule has 2 rings (SSSR count). The summed E-state index contributed by atoms with van der Waals surface area (Å²) in [5.41, 5.74) is 1.55. The van der Waals surface area contributed by atoms with Gasteiger partial charge in [0.1, 0.15) is 5.75 Å². The van der Waals surface area contributed by atoms with E-state index in [0.717, 1.165) is 24.7 Å². The Balaban J connectivity index is 1.99. The van der Waals surface area contributed by atoms with Crippen LogP contribution in [0.2, 0.25) is 0 Å². The van der Waals surface area contributed by atoms with Crippen molar-refractivity contribution in [1.82, 2.24) is 0 Å². The number of ether oxygens (including phenoxy) is 1. The van der Waals surface area contributed by atoms with E-state index in [2.05, 4.69) is 11.8 Å². The Kier molecular flexibility index (Phi) is 8.33. The van der Waals surface area contributed by atoms with E-state index in [4.69, 9.17) is 4.74 Å². The molecule has 1 aliphatic rings. The van der Waals surface area contributed by atoms with Gasteiger partial charge >= 0.3 is 0 Å². The lowest BCUT2D eigenvalue weighted by atomic mass is 10.1. The summed E-state index contributed by atoms with van der Waals surface area (Å²) >= 11 is 0. The molecule has 0 unspecified atom stereocenters. The highest BCUT2D eigenvalue weighted by molar-refractivity contribution is 5.79. The molecule has 124 valence electrons. The lowest BCUT2D eigenvalue weighted by Crippen LogP contribution is -2.00. The number of carbonyl (C=O) groups excluding carboxylic acids is 1. The average Bonchev–Trinajstić information content (AvgIpc) is 2.57. The fourth-order valence-electron chi connectivity index (χ4n) is 2.91. The first kappa shape index (κ1) is 17.6. The molecule has 2 heteroatoms. The Morgan fingerprint density at radius 3 is 2.22 bits per heavy atom. The second-order valence-electron chi connectivity index (χ2n) is 6.31. The van der Waals surface area contributed by atoms with Gasteiger partial charge in [0.25, 0.3) is 0 Å². The maximum absolute atomic E-state index is 11.1. The number of rotatable bonds is 1. The van der Waals surface area contributed by atoms with Gasteiger partial charge in [0, 0.05) is 12.0 Å². The third-order valence-corrected chi connectivity index (χ3v) is 4.33. The second kappa shape index (κ2) is 10.9. The van der Waals surface area contributed by atoms with Gasteiger partial charge in [-0.2, -0.15) is 0 Å². The van der Waals surface area contributed by atoms with Crippen molar-refractivity contribution in [2.75, 3.05) is 6.61 Å². The van der Waals surface area contributed by atoms with Crippen LogP contribution in [0.15, 0.2) is 18.2 Å². The van der Waals surface area contributed by atoms with Crippen molar-refractivity contribution < 1.29 is 9.53 Å². The van der Waals surface area contributed by atoms with Crippen molar-refractivity contribution in [3.8, 4) is 17.6 Å². The van der Waals surface area contributed by atoms with E-state index in [1.54, 1.807) is 0 Å². The van der Waals surface area contributed by atoms with Crippen LogP contribution in [-0.4, -0.2) is 12.9 Å². The highest BCUT2D eigenvalue weighted by atomic mass is 16.5. The van der Waals surface area contributed by atoms with Crippen LogP contribution in [0.25, 0.3) is 0 Å². The van der Waals surface area contributed by atoms with E-state index in [1.165, 1.54) is 57.8 Å². The van der Waals surface area contributed by atoms with Gasteiger partial charge in [-0.25, -0.2) is 0 Å². The Morgan fingerprint density at radius 1 is 0.870 bits per heavy atom. The number of carbonyl (C=O) groups is 1. The molecule has 0 aliphatic carbocycles. The van der Waals surface area contributed by atoms with Gasteiger partial charge in [-0.3, -0.25) is 4.79 Å². The van der Waals surface area contributed by atoms with Crippen molar-refractivity contribution in [1.29, 1.82) is 0 Å². The minimum atomic E-state index is 0.616. The molecule has 0 atom stereocenters. The summed E-state index contributed by atoms with van der Waals surface area (Å²) in [6, 6.07) is 5.62. The first-order valence-electron chi connectivity index (χ1n) is 9.11. The number of aldehydes is 1. The SMILES string of the molecule is O=Cc1ccc2cc1OCCCCCCCCCCCCC#C2. The van der Waals surface area contributed by atoms with Crippen LogP contribution in [-0.2, 0) is 0 Å². The Bertz CT molecular complexity index is 537. The summed E-state index contributed by atoms with van der Waals surface area (Å²) in [5.74, 6) is 7.11. The van der Waals surface area contributed by atoms with Gasteiger partial charge in [0.2, 0.25) is 0 Å². The summed E-state index contributed by atoms with van der Waals surface area (Å²) in [6.07, 6.45) is 14.6. The fourth-order valence-corrected chi connectivity index (χ4v) is 2.91. The molecule has 0 amide bonds. The zero-order valence-corrected chi connectivity index (χ0v) is 14.1. The molecule has 0 spiro atoms. The largest absolute Gasteiger partial charge is 0.493 e. The predicted molar refractivity (Wildman–Crippen MR) is 95.0 cm³/mol. The molecule has 0 N–H and O–H groups in total. The van der Waals surface area contributed by atoms with Crippen molar-refractivity contribution in [2.45, 2.75) is 70.6 Å². The first-order valence-corrected chi connectivity index (χ1v) is 9.11. The maximum Gasteiger partial charge on any atom is 0.153 e. The van der Waals surface area contributed by atoms with Gasteiger partial charge in [-0.1, -0.05) is 63.2 Å². The van der Waals surface area contributed by atoms with Crippen LogP contribution in [0, 0.1) is 11.8 Å². The van der Waals surface area contributed by atoms with Crippen molar-refractivity contribution in [3.05, 3.63) is 29.3 Å². The summed E-state index contributed by atoms with van der Waals surface area (Å²) in [4.78, 5) is 11.1. The van der Waals surface area contributed by atoms with Crippen LogP contribution < -0.4 is 4.74 Å². The summed E-state index contributed by atoms with van der Waals surface area (Å²) in [6.45, 7) is 0.678. The van der Waals surface area contributed by atoms with Gasteiger partial charge in [-0.15, -0.1) is 0 Å². The van der Waals surface area contributed by atoms with E-state index in [0.29, 0.717) is 17.9 Å². The molecule has 0 saturated heterocycles. The summed E-state index contributed by atoms with van der Waals surface area (Å²) < 4.78 is 5.81. The Morgan fingerprint density at radius 2 is 1.52 bits per heavy atom. The van der Waals surface area contributed by atoms with Gasteiger partial charge in [0.15, 0.2) is 6.29 Å². The highest BCUT2D eigenvalue weighted by Crippen LogP contribution is 2.19. The van der Waals surface area contributed by atoms with Crippen molar-refractivity contribution in [3.63, 3.8) is 0 Å². The zero-order valence-electron chi connectivity index (χ0n) is 14.1. The summed E-state index contributed by atoms with van der Waals surface area (Å²) in [5, 5.41) is 0. The fraction of sp³-hybridized carbons (Fsp3) is 0.571. The molecule has 1 aromatic rings. The number of hydrogen-bond donors (Lipinski definition) is 0. The van der Waals surface area contributed by atoms with E-state index in [1.807, 2.05) is 18.2 Å². The summed E-state index contributed by atoms with van der Waals surface area (Å²) in [7, 11) is 0. The molecule has 1 aromatic carbocycles. The number of fused-ring (bicyclic) bond motifs is 2. The van der Waals surface area contributed by atoms with Crippen molar-refractivity contribution in [2.24, 2.45) is 0 Å². The lowest BCUT2D eigenvalue weighted by Gasteiger charge is -2.09. The van der Waals surface area contributed by atoms with E-state index >= 15 is 0 Å². The lowest BCUT2D eigenvalue weighted by molar-refractivity contribution is 0.111. The Labute approximate surface area is 140 Å². The molecule has 2 bridgehead atoms. The van der Waals surface area contributed by atoms with Crippen LogP contribution in [0.5, 0.6) is 5.75 Å². The van der Waals surface area contributed by atoms with Gasteiger partial charge in [0.05, 0.1) is 12.2 Å². The monoisotopic (exact) mass is 312 g/mol. The van der Waals surface area contributed by atoms with Gasteiger partial charge < -0.3 is 4.74 Å². The standard InChI is InChI=1S/C21H28O2/c22-18-20-15-14-19-13-11-9-7-5-3-1-2-4-6-8-10-12-16-23-21(20)17-19/h14-15,17-18H,1-10,12,16H2. The molecular formula is C21H28O2. The first-order chi connectivity index (χ1) is 11.4. The zero-order chi connectivity index (χ0) is 16.2. The van der Waals surface area contributed by atoms with E-state index in [-0.39, 0.29) is 0 Å². The topological polar surface area (TPSA) is 26.3 Å². The molecule has 1 aliphatic heterocycles. The molecule has 23 heavy (non-hydrogen) atoms. The van der Waals surface area contributed by atoms with Crippen LogP contribution >= 0.6 is 0 Å². The third kappa shape index (κ3) is 6.91. The van der Waals surface area contributed by atoms with Crippen molar-refractivity contribution >= 4 is 6.29 Å². The molecule has 0 saturated carbocycles. The molecule has 1 heterocycles. The molecule has 0 radical (unpaired) electrons. The van der Waals surface area contributed by atoms with Crippen LogP contribution in [0.4, 0.5) is 0 Å². The van der Waals surface area contributed by atoms with Crippen LogP contribution in [0.1, 0.15) is 86.6 Å². The second-order valence-corrected chi connectivity index (χ2v) is 6.31. The molecule has 0 aromatic heterocycles. The Hall–Kier alpha value is -1.75. The maximum atomic E-state index is 11.1. The van der Waals surface area contributed by atoms with E-state index < -0.39 is 0 Å². The molecule has 2 nitrogen and oxygen atoms in total. The number of hydrogen-bond acceptors (Lipinski definition) is 2. The van der Waals surface area contributed by atoms with E-state index in [9.17, 15) is 4.79 Å². The quantitative estimate of drug-likeness (QED) is 0.503.